The zero-order chi connectivity index (χ0) is 15.8. The fourth-order valence-electron chi connectivity index (χ4n) is 3.75. The molecule has 2 aliphatic carbocycles. The van der Waals surface area contributed by atoms with Gasteiger partial charge in [0.2, 0.25) is 5.91 Å². The van der Waals surface area contributed by atoms with E-state index in [1.807, 2.05) is 4.90 Å². The van der Waals surface area contributed by atoms with Crippen LogP contribution in [0, 0.1) is 5.92 Å². The lowest BCUT2D eigenvalue weighted by molar-refractivity contribution is -0.134. The summed E-state index contributed by atoms with van der Waals surface area (Å²) in [5.74, 6) is 2.76. The van der Waals surface area contributed by atoms with Gasteiger partial charge in [0.25, 0.3) is 0 Å². The minimum absolute atomic E-state index is 0.262. The Kier molecular flexibility index (Phi) is 4.14. The van der Waals surface area contributed by atoms with Crippen molar-refractivity contribution in [3.63, 3.8) is 0 Å². The average Bonchev–Trinajstić information content (AvgIpc) is 3.05. The first-order valence-electron chi connectivity index (χ1n) is 8.79. The summed E-state index contributed by atoms with van der Waals surface area (Å²) in [7, 11) is 0. The Morgan fingerprint density at radius 3 is 2.70 bits per heavy atom. The van der Waals surface area contributed by atoms with Crippen molar-refractivity contribution >= 4 is 23.3 Å². The van der Waals surface area contributed by atoms with E-state index in [9.17, 15) is 4.79 Å². The van der Waals surface area contributed by atoms with Crippen LogP contribution in [-0.4, -0.2) is 39.9 Å². The standard InChI is InChI=1S/C17H23ClN4O/c18-14-9-15(21-16(20-14)11-5-6-11)19-13-7-8-22(10-13)17(23)12-3-1-2-4-12/h9,11-13H,1-8,10H2,(H,19,20,21). The number of carbonyl (C=O) groups excluding carboxylic acids is 1. The number of rotatable bonds is 4. The molecule has 4 rings (SSSR count). The van der Waals surface area contributed by atoms with E-state index in [1.54, 1.807) is 6.07 Å². The van der Waals surface area contributed by atoms with Crippen molar-refractivity contribution in [1.82, 2.24) is 14.9 Å². The summed E-state index contributed by atoms with van der Waals surface area (Å²) < 4.78 is 0. The molecule has 2 heterocycles. The van der Waals surface area contributed by atoms with Gasteiger partial charge in [-0.2, -0.15) is 0 Å². The Morgan fingerprint density at radius 1 is 1.17 bits per heavy atom. The van der Waals surface area contributed by atoms with Gasteiger partial charge < -0.3 is 10.2 Å². The molecule has 5 nitrogen and oxygen atoms in total. The molecule has 0 aromatic carbocycles. The van der Waals surface area contributed by atoms with E-state index in [-0.39, 0.29) is 12.0 Å². The molecule has 6 heteroatoms. The molecule has 1 aromatic heterocycles. The van der Waals surface area contributed by atoms with Gasteiger partial charge in [-0.1, -0.05) is 24.4 Å². The van der Waals surface area contributed by atoms with Crippen LogP contribution in [0.4, 0.5) is 5.82 Å². The summed E-state index contributed by atoms with van der Waals surface area (Å²) in [5.41, 5.74) is 0. The lowest BCUT2D eigenvalue weighted by Crippen LogP contribution is -2.35. The Bertz CT molecular complexity index is 598. The number of hydrogen-bond donors (Lipinski definition) is 1. The van der Waals surface area contributed by atoms with Gasteiger partial charge in [0.05, 0.1) is 0 Å². The number of anilines is 1. The second-order valence-electron chi connectivity index (χ2n) is 7.10. The van der Waals surface area contributed by atoms with Crippen LogP contribution in [-0.2, 0) is 4.79 Å². The number of carbonyl (C=O) groups is 1. The van der Waals surface area contributed by atoms with E-state index in [0.717, 1.165) is 56.8 Å². The molecule has 1 saturated heterocycles. The van der Waals surface area contributed by atoms with Gasteiger partial charge in [-0.25, -0.2) is 9.97 Å². The number of aromatic nitrogens is 2. The molecule has 23 heavy (non-hydrogen) atoms. The summed E-state index contributed by atoms with van der Waals surface area (Å²) in [6.07, 6.45) is 7.84. The monoisotopic (exact) mass is 334 g/mol. The van der Waals surface area contributed by atoms with Gasteiger partial charge in [-0.3, -0.25) is 4.79 Å². The summed E-state index contributed by atoms with van der Waals surface area (Å²) in [4.78, 5) is 23.4. The first-order chi connectivity index (χ1) is 11.2. The second-order valence-corrected chi connectivity index (χ2v) is 7.49. The van der Waals surface area contributed by atoms with Gasteiger partial charge in [-0.15, -0.1) is 0 Å². The zero-order valence-corrected chi connectivity index (χ0v) is 14.1. The first kappa shape index (κ1) is 15.2. The van der Waals surface area contributed by atoms with Gasteiger partial charge in [0, 0.05) is 37.0 Å². The number of nitrogens with zero attached hydrogens (tertiary/aromatic N) is 3. The summed E-state index contributed by atoms with van der Waals surface area (Å²) in [5, 5.41) is 3.95. The molecule has 1 unspecified atom stereocenters. The van der Waals surface area contributed by atoms with Crippen molar-refractivity contribution in [1.29, 1.82) is 0 Å². The van der Waals surface area contributed by atoms with Gasteiger partial charge in [0.1, 0.15) is 16.8 Å². The largest absolute Gasteiger partial charge is 0.365 e. The Balaban J connectivity index is 1.37. The molecule has 1 amide bonds. The lowest BCUT2D eigenvalue weighted by atomic mass is 10.1. The van der Waals surface area contributed by atoms with Crippen molar-refractivity contribution in [2.75, 3.05) is 18.4 Å². The molecule has 1 N–H and O–H groups in total. The Labute approximate surface area is 141 Å². The minimum atomic E-state index is 0.262. The highest BCUT2D eigenvalue weighted by Gasteiger charge is 2.33. The van der Waals surface area contributed by atoms with E-state index in [4.69, 9.17) is 11.6 Å². The molecular weight excluding hydrogens is 312 g/mol. The van der Waals surface area contributed by atoms with Crippen LogP contribution in [0.15, 0.2) is 6.07 Å². The maximum atomic E-state index is 12.5. The molecule has 124 valence electrons. The van der Waals surface area contributed by atoms with E-state index in [0.29, 0.717) is 17.0 Å². The van der Waals surface area contributed by atoms with Crippen LogP contribution in [0.1, 0.15) is 56.7 Å². The first-order valence-corrected chi connectivity index (χ1v) is 9.16. The lowest BCUT2D eigenvalue weighted by Gasteiger charge is -2.21. The average molecular weight is 335 g/mol. The number of amides is 1. The van der Waals surface area contributed by atoms with E-state index >= 15 is 0 Å². The Hall–Kier alpha value is -1.36. The van der Waals surface area contributed by atoms with Crippen LogP contribution in [0.25, 0.3) is 0 Å². The molecular formula is C17H23ClN4O. The van der Waals surface area contributed by atoms with Crippen molar-refractivity contribution in [3.05, 3.63) is 17.0 Å². The molecule has 3 aliphatic rings. The number of nitrogens with one attached hydrogen (secondary N) is 1. The Morgan fingerprint density at radius 2 is 1.96 bits per heavy atom. The van der Waals surface area contributed by atoms with Crippen molar-refractivity contribution in [3.8, 4) is 0 Å². The number of hydrogen-bond acceptors (Lipinski definition) is 4. The predicted octanol–water partition coefficient (Wildman–Crippen LogP) is 3.21. The molecule has 3 fully saturated rings. The highest BCUT2D eigenvalue weighted by Crippen LogP contribution is 2.39. The predicted molar refractivity (Wildman–Crippen MR) is 89.6 cm³/mol. The topological polar surface area (TPSA) is 58.1 Å². The SMILES string of the molecule is O=C(C1CCCC1)N1CCC(Nc2cc(Cl)nc(C3CC3)n2)C1. The molecule has 1 aliphatic heterocycles. The summed E-state index contributed by atoms with van der Waals surface area (Å²) in [6.45, 7) is 1.62. The minimum Gasteiger partial charge on any atom is -0.365 e. The third-order valence-electron chi connectivity index (χ3n) is 5.21. The highest BCUT2D eigenvalue weighted by atomic mass is 35.5. The third kappa shape index (κ3) is 3.44. The van der Waals surface area contributed by atoms with Crippen LogP contribution < -0.4 is 5.32 Å². The molecule has 1 aromatic rings. The van der Waals surface area contributed by atoms with Crippen molar-refractivity contribution in [2.45, 2.75) is 56.9 Å². The van der Waals surface area contributed by atoms with Crippen LogP contribution >= 0.6 is 11.6 Å². The zero-order valence-electron chi connectivity index (χ0n) is 13.3. The molecule has 0 spiro atoms. The van der Waals surface area contributed by atoms with Crippen molar-refractivity contribution < 1.29 is 4.79 Å². The summed E-state index contributed by atoms with van der Waals surface area (Å²) >= 11 is 6.12. The van der Waals surface area contributed by atoms with Crippen molar-refractivity contribution in [2.24, 2.45) is 5.92 Å². The fourth-order valence-corrected chi connectivity index (χ4v) is 3.94. The van der Waals surface area contributed by atoms with E-state index in [1.165, 1.54) is 12.8 Å². The fraction of sp³-hybridized carbons (Fsp3) is 0.706. The molecule has 0 radical (unpaired) electrons. The maximum Gasteiger partial charge on any atom is 0.225 e. The number of halogens is 1. The van der Waals surface area contributed by atoms with Crippen LogP contribution in [0.2, 0.25) is 5.15 Å². The van der Waals surface area contributed by atoms with Crippen LogP contribution in [0.5, 0.6) is 0 Å². The quantitative estimate of drug-likeness (QED) is 0.859. The van der Waals surface area contributed by atoms with Crippen LogP contribution in [0.3, 0.4) is 0 Å². The van der Waals surface area contributed by atoms with Gasteiger partial charge in [-0.05, 0) is 32.1 Å². The molecule has 0 bridgehead atoms. The van der Waals surface area contributed by atoms with E-state index in [2.05, 4.69) is 15.3 Å². The van der Waals surface area contributed by atoms with Gasteiger partial charge >= 0.3 is 0 Å². The molecule has 1 atom stereocenters. The second kappa shape index (κ2) is 6.27. The van der Waals surface area contributed by atoms with Gasteiger partial charge in [0.15, 0.2) is 0 Å². The maximum absolute atomic E-state index is 12.5. The normalized spacial score (nSPS) is 25.1. The number of likely N-dealkylation sites (tertiary alicyclic amines) is 1. The third-order valence-corrected chi connectivity index (χ3v) is 5.40. The smallest absolute Gasteiger partial charge is 0.225 e. The van der Waals surface area contributed by atoms with E-state index < -0.39 is 0 Å². The highest BCUT2D eigenvalue weighted by molar-refractivity contribution is 6.29. The molecule has 2 saturated carbocycles. The summed E-state index contributed by atoms with van der Waals surface area (Å²) in [6, 6.07) is 2.05.